The molecule has 1 saturated carbocycles. The van der Waals surface area contributed by atoms with E-state index in [9.17, 15) is 9.18 Å². The van der Waals surface area contributed by atoms with Crippen molar-refractivity contribution in [3.8, 4) is 0 Å². The van der Waals surface area contributed by atoms with Crippen molar-refractivity contribution in [1.29, 1.82) is 0 Å². The zero-order valence-corrected chi connectivity index (χ0v) is 14.7. The number of anilines is 1. The van der Waals surface area contributed by atoms with Gasteiger partial charge in [0, 0.05) is 0 Å². The van der Waals surface area contributed by atoms with Crippen LogP contribution in [0.4, 0.5) is 9.52 Å². The molecule has 5 nitrogen and oxygen atoms in total. The summed E-state index contributed by atoms with van der Waals surface area (Å²) in [6.07, 6.45) is 1.48. The molecule has 2 aromatic carbocycles. The third-order valence-electron chi connectivity index (χ3n) is 4.69. The molecule has 26 heavy (non-hydrogen) atoms. The summed E-state index contributed by atoms with van der Waals surface area (Å²) in [4.78, 5) is 13.1. The summed E-state index contributed by atoms with van der Waals surface area (Å²) in [6.45, 7) is 0. The van der Waals surface area contributed by atoms with Crippen molar-refractivity contribution in [2.45, 2.75) is 24.3 Å². The van der Waals surface area contributed by atoms with Gasteiger partial charge in [-0.3, -0.25) is 4.79 Å². The Morgan fingerprint density at radius 3 is 2.38 bits per heavy atom. The predicted octanol–water partition coefficient (Wildman–Crippen LogP) is 3.20. The van der Waals surface area contributed by atoms with Crippen molar-refractivity contribution in [3.63, 3.8) is 0 Å². The number of hydrogen-bond donors (Lipinski definition) is 2. The van der Waals surface area contributed by atoms with Gasteiger partial charge in [0.05, 0.1) is 5.41 Å². The Labute approximate surface area is 154 Å². The number of nitrogens with zero attached hydrogens (tertiary/aromatic N) is 2. The highest BCUT2D eigenvalue weighted by Gasteiger charge is 2.51. The molecule has 1 fully saturated rings. The van der Waals surface area contributed by atoms with E-state index in [1.807, 2.05) is 30.3 Å². The Morgan fingerprint density at radius 2 is 1.81 bits per heavy atom. The molecule has 7 heteroatoms. The Hall–Kier alpha value is -2.80. The fourth-order valence-corrected chi connectivity index (χ4v) is 3.80. The fourth-order valence-electron chi connectivity index (χ4n) is 3.11. The van der Waals surface area contributed by atoms with Gasteiger partial charge in [0.15, 0.2) is 0 Å². The van der Waals surface area contributed by atoms with E-state index >= 15 is 0 Å². The van der Waals surface area contributed by atoms with Crippen LogP contribution in [-0.4, -0.2) is 16.1 Å². The molecule has 0 spiro atoms. The van der Waals surface area contributed by atoms with E-state index in [1.165, 1.54) is 23.5 Å². The van der Waals surface area contributed by atoms with Gasteiger partial charge in [-0.1, -0.05) is 53.8 Å². The van der Waals surface area contributed by atoms with Crippen LogP contribution in [0.3, 0.4) is 0 Å². The van der Waals surface area contributed by atoms with Gasteiger partial charge in [-0.25, -0.2) is 4.39 Å². The number of hydrogen-bond acceptors (Lipinski definition) is 5. The van der Waals surface area contributed by atoms with Crippen molar-refractivity contribution in [1.82, 2.24) is 15.5 Å². The second-order valence-electron chi connectivity index (χ2n) is 6.38. The number of carbonyl (C=O) groups excluding carboxylic acids is 1. The van der Waals surface area contributed by atoms with Gasteiger partial charge < -0.3 is 11.1 Å². The molecule has 3 N–H and O–H groups in total. The van der Waals surface area contributed by atoms with Crippen LogP contribution in [0.2, 0.25) is 0 Å². The first-order valence-corrected chi connectivity index (χ1v) is 9.11. The highest BCUT2D eigenvalue weighted by molar-refractivity contribution is 7.15. The maximum atomic E-state index is 13.2. The molecule has 0 unspecified atom stereocenters. The first-order valence-electron chi connectivity index (χ1n) is 8.29. The largest absolute Gasteiger partial charge is 0.374 e. The Balaban J connectivity index is 1.63. The second kappa shape index (κ2) is 6.49. The third-order valence-corrected chi connectivity index (χ3v) is 5.51. The zero-order chi connectivity index (χ0) is 18.1. The van der Waals surface area contributed by atoms with Crippen LogP contribution in [0.5, 0.6) is 0 Å². The molecule has 1 aliphatic rings. The maximum absolute atomic E-state index is 13.2. The van der Waals surface area contributed by atoms with Crippen molar-refractivity contribution < 1.29 is 9.18 Å². The van der Waals surface area contributed by atoms with Gasteiger partial charge in [0.2, 0.25) is 11.0 Å². The Kier molecular flexibility index (Phi) is 4.16. The minimum atomic E-state index is -0.600. The molecule has 1 aliphatic carbocycles. The van der Waals surface area contributed by atoms with Gasteiger partial charge in [-0.2, -0.15) is 0 Å². The number of rotatable bonds is 5. The van der Waals surface area contributed by atoms with Gasteiger partial charge in [-0.05, 0) is 36.1 Å². The molecule has 1 aromatic heterocycles. The minimum absolute atomic E-state index is 0.0910. The number of halogens is 1. The summed E-state index contributed by atoms with van der Waals surface area (Å²) in [5.41, 5.74) is 6.87. The van der Waals surface area contributed by atoms with E-state index in [0.717, 1.165) is 24.0 Å². The monoisotopic (exact) mass is 368 g/mol. The first kappa shape index (κ1) is 16.7. The summed E-state index contributed by atoms with van der Waals surface area (Å²) in [6, 6.07) is 15.3. The molecule has 0 aliphatic heterocycles. The normalized spacial score (nSPS) is 16.0. The van der Waals surface area contributed by atoms with E-state index in [2.05, 4.69) is 15.5 Å². The van der Waals surface area contributed by atoms with E-state index in [0.29, 0.717) is 10.1 Å². The summed E-state index contributed by atoms with van der Waals surface area (Å²) >= 11 is 1.25. The lowest BCUT2D eigenvalue weighted by Gasteiger charge is -2.21. The van der Waals surface area contributed by atoms with Crippen LogP contribution in [0.25, 0.3) is 0 Å². The quantitative estimate of drug-likeness (QED) is 0.725. The molecule has 1 amide bonds. The van der Waals surface area contributed by atoms with Crippen molar-refractivity contribution >= 4 is 22.4 Å². The van der Waals surface area contributed by atoms with E-state index in [-0.39, 0.29) is 11.7 Å². The number of nitrogens with one attached hydrogen (secondary N) is 1. The molecule has 132 valence electrons. The lowest BCUT2D eigenvalue weighted by molar-refractivity contribution is -0.124. The Morgan fingerprint density at radius 1 is 1.12 bits per heavy atom. The standard InChI is InChI=1S/C19H17FN4OS/c20-14-8-6-13(7-9-14)19(10-11-19)17(25)22-15(12-4-2-1-3-5-12)16-23-24-18(21)26-16/h1-9,15H,10-11H2,(H2,21,24)(H,22,25)/t15-/m1/s1. The van der Waals surface area contributed by atoms with E-state index < -0.39 is 11.5 Å². The number of carbonyl (C=O) groups is 1. The van der Waals surface area contributed by atoms with Gasteiger partial charge in [0.1, 0.15) is 16.9 Å². The molecule has 0 saturated heterocycles. The van der Waals surface area contributed by atoms with Crippen LogP contribution < -0.4 is 11.1 Å². The summed E-state index contributed by atoms with van der Waals surface area (Å²) in [7, 11) is 0. The number of aromatic nitrogens is 2. The fraction of sp³-hybridized carbons (Fsp3) is 0.211. The van der Waals surface area contributed by atoms with E-state index in [4.69, 9.17) is 5.73 Å². The molecule has 1 atom stereocenters. The van der Waals surface area contributed by atoms with Gasteiger partial charge in [-0.15, -0.1) is 10.2 Å². The molecule has 0 bridgehead atoms. The molecule has 1 heterocycles. The highest BCUT2D eigenvalue weighted by atomic mass is 32.1. The lowest BCUT2D eigenvalue weighted by Crippen LogP contribution is -2.37. The number of nitrogens with two attached hydrogens (primary N) is 1. The topological polar surface area (TPSA) is 80.9 Å². The zero-order valence-electron chi connectivity index (χ0n) is 13.9. The maximum Gasteiger partial charge on any atom is 0.231 e. The smallest absolute Gasteiger partial charge is 0.231 e. The summed E-state index contributed by atoms with van der Waals surface area (Å²) < 4.78 is 13.2. The van der Waals surface area contributed by atoms with Crippen LogP contribution in [0.1, 0.15) is 35.0 Å². The lowest BCUT2D eigenvalue weighted by atomic mass is 9.94. The summed E-state index contributed by atoms with van der Waals surface area (Å²) in [5, 5.41) is 12.1. The van der Waals surface area contributed by atoms with Crippen LogP contribution in [-0.2, 0) is 10.2 Å². The van der Waals surface area contributed by atoms with Crippen molar-refractivity contribution in [2.75, 3.05) is 5.73 Å². The van der Waals surface area contributed by atoms with Crippen LogP contribution in [0, 0.1) is 5.82 Å². The number of nitrogen functional groups attached to an aromatic ring is 1. The molecule has 3 aromatic rings. The summed E-state index contributed by atoms with van der Waals surface area (Å²) in [5.74, 6) is -0.400. The van der Waals surface area contributed by atoms with Gasteiger partial charge in [0.25, 0.3) is 0 Å². The van der Waals surface area contributed by atoms with Crippen molar-refractivity contribution in [2.24, 2.45) is 0 Å². The van der Waals surface area contributed by atoms with Crippen molar-refractivity contribution in [3.05, 3.63) is 76.5 Å². The SMILES string of the molecule is Nc1nnc([C@H](NC(=O)C2(c3ccc(F)cc3)CC2)c2ccccc2)s1. The Bertz CT molecular complexity index is 922. The molecular weight excluding hydrogens is 351 g/mol. The first-order chi connectivity index (χ1) is 12.6. The third kappa shape index (κ3) is 3.06. The average Bonchev–Trinajstić information content (AvgIpc) is 3.36. The molecule has 4 rings (SSSR count). The molecule has 0 radical (unpaired) electrons. The molecular formula is C19H17FN4OS. The van der Waals surface area contributed by atoms with Crippen LogP contribution in [0.15, 0.2) is 54.6 Å². The second-order valence-corrected chi connectivity index (χ2v) is 7.43. The average molecular weight is 368 g/mol. The number of benzene rings is 2. The highest BCUT2D eigenvalue weighted by Crippen LogP contribution is 2.49. The van der Waals surface area contributed by atoms with Crippen LogP contribution >= 0.6 is 11.3 Å². The predicted molar refractivity (Wildman–Crippen MR) is 98.1 cm³/mol. The van der Waals surface area contributed by atoms with E-state index in [1.54, 1.807) is 12.1 Å². The minimum Gasteiger partial charge on any atom is -0.374 e. The number of amides is 1. The van der Waals surface area contributed by atoms with Gasteiger partial charge >= 0.3 is 0 Å².